The van der Waals surface area contributed by atoms with Gasteiger partial charge in [-0.2, -0.15) is 13.9 Å². The number of rotatable bonds is 5. The molecule has 114 valence electrons. The van der Waals surface area contributed by atoms with E-state index in [1.54, 1.807) is 12.1 Å². The van der Waals surface area contributed by atoms with Crippen LogP contribution in [0.2, 0.25) is 0 Å². The maximum atomic E-state index is 12.0. The van der Waals surface area contributed by atoms with Gasteiger partial charge in [-0.25, -0.2) is 0 Å². The number of hydrogen-bond acceptors (Lipinski definition) is 3. The normalized spacial score (nSPS) is 11.7. The molecule has 0 aliphatic rings. The van der Waals surface area contributed by atoms with E-state index in [1.165, 1.54) is 12.1 Å². The molecule has 0 radical (unpaired) electrons. The molecular weight excluding hydrogens is 276 g/mol. The topological polar surface area (TPSA) is 39.1 Å². The molecule has 4 nitrogen and oxygen atoms in total. The second-order valence-corrected chi connectivity index (χ2v) is 5.72. The molecule has 0 saturated carbocycles. The van der Waals surface area contributed by atoms with Gasteiger partial charge in [0.15, 0.2) is 0 Å². The van der Waals surface area contributed by atoms with Gasteiger partial charge in [0.25, 0.3) is 0 Å². The number of hydrogen-bond donors (Lipinski definition) is 1. The third-order valence-corrected chi connectivity index (χ3v) is 2.90. The van der Waals surface area contributed by atoms with Crippen molar-refractivity contribution in [3.05, 3.63) is 42.2 Å². The Balaban J connectivity index is 1.92. The highest BCUT2D eigenvalue weighted by atomic mass is 19.3. The summed E-state index contributed by atoms with van der Waals surface area (Å²) < 4.78 is 30.3. The van der Waals surface area contributed by atoms with Crippen molar-refractivity contribution in [1.82, 2.24) is 9.78 Å². The Labute approximate surface area is 122 Å². The molecule has 0 unspecified atom stereocenters. The van der Waals surface area contributed by atoms with Crippen LogP contribution < -0.4 is 10.1 Å². The largest absolute Gasteiger partial charge is 0.435 e. The van der Waals surface area contributed by atoms with Gasteiger partial charge in [-0.05, 0) is 45.0 Å². The first-order chi connectivity index (χ1) is 9.84. The fourth-order valence-electron chi connectivity index (χ4n) is 1.78. The van der Waals surface area contributed by atoms with Crippen LogP contribution in [0.25, 0.3) is 0 Å². The molecule has 6 heteroatoms. The monoisotopic (exact) mass is 295 g/mol. The maximum Gasteiger partial charge on any atom is 0.387 e. The number of nitrogens with zero attached hydrogens (tertiary/aromatic N) is 2. The predicted octanol–water partition coefficient (Wildman–Crippen LogP) is 3.85. The van der Waals surface area contributed by atoms with E-state index in [4.69, 9.17) is 0 Å². The molecule has 0 saturated heterocycles. The molecular formula is C15H19F2N3O. The van der Waals surface area contributed by atoms with Gasteiger partial charge >= 0.3 is 6.61 Å². The summed E-state index contributed by atoms with van der Waals surface area (Å²) in [6.45, 7) is 4.06. The molecule has 0 spiro atoms. The summed E-state index contributed by atoms with van der Waals surface area (Å²) in [5.41, 5.74) is 1.84. The second kappa shape index (κ2) is 6.11. The molecule has 1 N–H and O–H groups in total. The minimum Gasteiger partial charge on any atom is -0.435 e. The lowest BCUT2D eigenvalue weighted by Gasteiger charge is -2.18. The third-order valence-electron chi connectivity index (χ3n) is 2.90. The number of benzene rings is 1. The average molecular weight is 295 g/mol. The Hall–Kier alpha value is -2.11. The fourth-order valence-corrected chi connectivity index (χ4v) is 1.78. The second-order valence-electron chi connectivity index (χ2n) is 5.72. The Morgan fingerprint density at radius 2 is 1.90 bits per heavy atom. The molecule has 0 atom stereocenters. The number of aromatic nitrogens is 2. The van der Waals surface area contributed by atoms with Crippen LogP contribution in [-0.2, 0) is 12.1 Å². The highest BCUT2D eigenvalue weighted by Gasteiger charge is 2.13. The lowest BCUT2D eigenvalue weighted by Crippen LogP contribution is -2.21. The number of ether oxygens (including phenoxy) is 1. The van der Waals surface area contributed by atoms with Crippen molar-refractivity contribution < 1.29 is 13.5 Å². The van der Waals surface area contributed by atoms with Crippen LogP contribution in [0.1, 0.15) is 26.3 Å². The quantitative estimate of drug-likeness (QED) is 0.910. The minimum atomic E-state index is -2.80. The summed E-state index contributed by atoms with van der Waals surface area (Å²) in [6, 6.07) is 6.41. The Morgan fingerprint density at radius 1 is 1.24 bits per heavy atom. The van der Waals surface area contributed by atoms with Gasteiger partial charge in [0, 0.05) is 24.0 Å². The molecule has 0 aliphatic carbocycles. The zero-order chi connectivity index (χ0) is 15.5. The molecule has 0 aliphatic heterocycles. The van der Waals surface area contributed by atoms with Crippen LogP contribution in [0, 0.1) is 0 Å². The Morgan fingerprint density at radius 3 is 2.43 bits per heavy atom. The van der Waals surface area contributed by atoms with Gasteiger partial charge in [0.2, 0.25) is 0 Å². The lowest BCUT2D eigenvalue weighted by atomic mass is 10.1. The Bertz CT molecular complexity index is 573. The van der Waals surface area contributed by atoms with Crippen LogP contribution in [0.4, 0.5) is 14.5 Å². The first kappa shape index (κ1) is 15.3. The molecule has 2 aromatic rings. The number of nitrogens with one attached hydrogen (secondary N) is 1. The zero-order valence-electron chi connectivity index (χ0n) is 12.3. The summed E-state index contributed by atoms with van der Waals surface area (Å²) in [6.07, 6.45) is 3.80. The first-order valence-electron chi connectivity index (χ1n) is 6.67. The molecule has 1 aromatic heterocycles. The summed E-state index contributed by atoms with van der Waals surface area (Å²) in [4.78, 5) is 0. The Kier molecular flexibility index (Phi) is 4.45. The SMILES string of the molecule is CC(C)(C)n1cc(CNc2ccc(OC(F)F)cc2)cn1. The van der Waals surface area contributed by atoms with Crippen LogP contribution in [0.3, 0.4) is 0 Å². The summed E-state index contributed by atoms with van der Waals surface area (Å²) in [5, 5.41) is 7.53. The lowest BCUT2D eigenvalue weighted by molar-refractivity contribution is -0.0498. The van der Waals surface area contributed by atoms with E-state index in [-0.39, 0.29) is 11.3 Å². The fraction of sp³-hybridized carbons (Fsp3) is 0.400. The van der Waals surface area contributed by atoms with Crippen molar-refractivity contribution in [2.45, 2.75) is 39.5 Å². The van der Waals surface area contributed by atoms with E-state index in [2.05, 4.69) is 35.9 Å². The van der Waals surface area contributed by atoms with Crippen molar-refractivity contribution in [2.24, 2.45) is 0 Å². The van der Waals surface area contributed by atoms with E-state index in [0.29, 0.717) is 6.54 Å². The van der Waals surface area contributed by atoms with E-state index in [0.717, 1.165) is 11.3 Å². The average Bonchev–Trinajstić information content (AvgIpc) is 2.86. The smallest absolute Gasteiger partial charge is 0.387 e. The van der Waals surface area contributed by atoms with Crippen molar-refractivity contribution in [1.29, 1.82) is 0 Å². The molecule has 0 fully saturated rings. The van der Waals surface area contributed by atoms with Gasteiger partial charge in [0.05, 0.1) is 11.7 Å². The minimum absolute atomic E-state index is 0.0491. The highest BCUT2D eigenvalue weighted by molar-refractivity contribution is 5.46. The van der Waals surface area contributed by atoms with Gasteiger partial charge in [-0.3, -0.25) is 4.68 Å². The van der Waals surface area contributed by atoms with Crippen molar-refractivity contribution >= 4 is 5.69 Å². The van der Waals surface area contributed by atoms with E-state index in [1.807, 2.05) is 17.1 Å². The molecule has 1 aromatic carbocycles. The van der Waals surface area contributed by atoms with Crippen molar-refractivity contribution in [3.8, 4) is 5.75 Å². The molecule has 21 heavy (non-hydrogen) atoms. The third kappa shape index (κ3) is 4.44. The van der Waals surface area contributed by atoms with E-state index >= 15 is 0 Å². The van der Waals surface area contributed by atoms with Gasteiger partial charge in [-0.15, -0.1) is 0 Å². The molecule has 1 heterocycles. The molecule has 0 amide bonds. The summed E-state index contributed by atoms with van der Waals surface area (Å²) >= 11 is 0. The van der Waals surface area contributed by atoms with E-state index in [9.17, 15) is 8.78 Å². The molecule has 0 bridgehead atoms. The van der Waals surface area contributed by atoms with Crippen LogP contribution in [0.15, 0.2) is 36.7 Å². The van der Waals surface area contributed by atoms with Crippen LogP contribution >= 0.6 is 0 Å². The summed E-state index contributed by atoms with van der Waals surface area (Å²) in [7, 11) is 0. The highest BCUT2D eigenvalue weighted by Crippen LogP contribution is 2.19. The van der Waals surface area contributed by atoms with Crippen LogP contribution in [0.5, 0.6) is 5.75 Å². The predicted molar refractivity (Wildman–Crippen MR) is 77.6 cm³/mol. The molecule has 2 rings (SSSR count). The zero-order valence-corrected chi connectivity index (χ0v) is 12.3. The number of anilines is 1. The first-order valence-corrected chi connectivity index (χ1v) is 6.67. The van der Waals surface area contributed by atoms with Crippen molar-refractivity contribution in [2.75, 3.05) is 5.32 Å². The van der Waals surface area contributed by atoms with Crippen molar-refractivity contribution in [3.63, 3.8) is 0 Å². The van der Waals surface area contributed by atoms with Gasteiger partial charge < -0.3 is 10.1 Å². The van der Waals surface area contributed by atoms with Gasteiger partial charge in [0.1, 0.15) is 5.75 Å². The standard InChI is InChI=1S/C15H19F2N3O/c1-15(2,3)20-10-11(9-19-20)8-18-12-4-6-13(7-5-12)21-14(16)17/h4-7,9-10,14,18H,8H2,1-3H3. The number of alkyl halides is 2. The van der Waals surface area contributed by atoms with E-state index < -0.39 is 6.61 Å². The van der Waals surface area contributed by atoms with Crippen LogP contribution in [-0.4, -0.2) is 16.4 Å². The summed E-state index contributed by atoms with van der Waals surface area (Å²) in [5.74, 6) is 0.149. The van der Waals surface area contributed by atoms with Gasteiger partial charge in [-0.1, -0.05) is 0 Å². The maximum absolute atomic E-state index is 12.0. The number of halogens is 2.